The number of aromatic hydroxyl groups is 1. The number of aryl methyl sites for hydroxylation is 2. The molecule has 0 aliphatic heterocycles. The Morgan fingerprint density at radius 1 is 1.08 bits per heavy atom. The number of nitrogens with one attached hydrogen (secondary N) is 1. The number of benzene rings is 2. The smallest absolute Gasteiger partial charge is 0.127 e. The van der Waals surface area contributed by atoms with Crippen molar-refractivity contribution in [2.75, 3.05) is 0 Å². The maximum Gasteiger partial charge on any atom is 0.127 e. The van der Waals surface area contributed by atoms with Crippen molar-refractivity contribution in [1.29, 1.82) is 0 Å². The molecule has 4 aromatic rings. The number of phenols is 1. The first-order valence-electron chi connectivity index (χ1n) is 8.79. The lowest BCUT2D eigenvalue weighted by Gasteiger charge is -2.06. The summed E-state index contributed by atoms with van der Waals surface area (Å²) in [5.74, 6) is 0.270. The van der Waals surface area contributed by atoms with Gasteiger partial charge in [-0.2, -0.15) is 10.2 Å². The summed E-state index contributed by atoms with van der Waals surface area (Å²) in [7, 11) is 0. The summed E-state index contributed by atoms with van der Waals surface area (Å²) in [6.07, 6.45) is 0. The van der Waals surface area contributed by atoms with E-state index in [-0.39, 0.29) is 11.8 Å². The first-order chi connectivity index (χ1) is 12.5. The van der Waals surface area contributed by atoms with Gasteiger partial charge in [-0.3, -0.25) is 9.78 Å². The Kier molecular flexibility index (Phi) is 3.80. The van der Waals surface area contributed by atoms with Crippen LogP contribution in [-0.4, -0.2) is 25.1 Å². The van der Waals surface area contributed by atoms with E-state index in [1.165, 1.54) is 0 Å². The summed E-state index contributed by atoms with van der Waals surface area (Å²) in [6, 6.07) is 14.3. The SMILES string of the molecule is Cc1cc(C)c(O)c(-c2cc(-c3nn(C(C)C)c4ccccc34)[nH]n2)c1. The number of fused-ring (bicyclic) bond motifs is 1. The van der Waals surface area contributed by atoms with E-state index in [0.717, 1.165) is 39.0 Å². The van der Waals surface area contributed by atoms with Crippen molar-refractivity contribution in [1.82, 2.24) is 20.0 Å². The highest BCUT2D eigenvalue weighted by molar-refractivity contribution is 5.93. The van der Waals surface area contributed by atoms with E-state index < -0.39 is 0 Å². The van der Waals surface area contributed by atoms with Gasteiger partial charge in [-0.1, -0.05) is 24.3 Å². The molecular formula is C21H22N4O. The monoisotopic (exact) mass is 346 g/mol. The van der Waals surface area contributed by atoms with Gasteiger partial charge in [-0.25, -0.2) is 0 Å². The van der Waals surface area contributed by atoms with Crippen molar-refractivity contribution in [2.45, 2.75) is 33.7 Å². The maximum absolute atomic E-state index is 10.4. The van der Waals surface area contributed by atoms with Crippen molar-refractivity contribution in [2.24, 2.45) is 0 Å². The highest BCUT2D eigenvalue weighted by Crippen LogP contribution is 2.35. The van der Waals surface area contributed by atoms with E-state index in [1.54, 1.807) is 0 Å². The molecule has 0 saturated heterocycles. The van der Waals surface area contributed by atoms with Gasteiger partial charge in [-0.05, 0) is 57.0 Å². The largest absolute Gasteiger partial charge is 0.507 e. The molecule has 2 aromatic heterocycles. The predicted molar refractivity (Wildman–Crippen MR) is 104 cm³/mol. The Hall–Kier alpha value is -3.08. The lowest BCUT2D eigenvalue weighted by Crippen LogP contribution is -2.02. The molecule has 2 N–H and O–H groups in total. The molecular weight excluding hydrogens is 324 g/mol. The average molecular weight is 346 g/mol. The predicted octanol–water partition coefficient (Wildman–Crippen LogP) is 5.00. The molecule has 0 aliphatic carbocycles. The van der Waals surface area contributed by atoms with Crippen LogP contribution in [0.5, 0.6) is 5.75 Å². The number of rotatable bonds is 3. The van der Waals surface area contributed by atoms with Gasteiger partial charge in [-0.15, -0.1) is 0 Å². The molecule has 0 aliphatic rings. The van der Waals surface area contributed by atoms with Gasteiger partial charge in [0.2, 0.25) is 0 Å². The standard InChI is InChI=1S/C21H22N4O/c1-12(2)25-19-8-6-5-7-15(19)20(24-25)18-11-17(22-23-18)16-10-13(3)9-14(4)21(16)26/h5-12,26H,1-4H3,(H,22,23). The number of phenolic OH excluding ortho intramolecular Hbond substituents is 1. The van der Waals surface area contributed by atoms with Crippen LogP contribution in [0.3, 0.4) is 0 Å². The zero-order chi connectivity index (χ0) is 18.4. The van der Waals surface area contributed by atoms with Crippen LogP contribution in [0.2, 0.25) is 0 Å². The molecule has 5 heteroatoms. The van der Waals surface area contributed by atoms with Gasteiger partial charge in [0.05, 0.1) is 16.9 Å². The fraction of sp³-hybridized carbons (Fsp3) is 0.238. The van der Waals surface area contributed by atoms with E-state index in [9.17, 15) is 5.11 Å². The van der Waals surface area contributed by atoms with Crippen molar-refractivity contribution in [3.05, 3.63) is 53.6 Å². The molecule has 2 aromatic carbocycles. The second kappa shape index (κ2) is 6.02. The van der Waals surface area contributed by atoms with Crippen molar-refractivity contribution < 1.29 is 5.11 Å². The Balaban J connectivity index is 1.87. The Labute approximate surface area is 152 Å². The number of aromatic nitrogens is 4. The fourth-order valence-electron chi connectivity index (χ4n) is 3.42. The van der Waals surface area contributed by atoms with Crippen LogP contribution in [0.4, 0.5) is 0 Å². The van der Waals surface area contributed by atoms with Gasteiger partial charge in [0.15, 0.2) is 0 Å². The number of nitrogens with zero attached hydrogens (tertiary/aromatic N) is 3. The minimum atomic E-state index is 0.263. The first-order valence-corrected chi connectivity index (χ1v) is 8.79. The second-order valence-corrected chi connectivity index (χ2v) is 7.05. The number of aromatic amines is 1. The van der Waals surface area contributed by atoms with Gasteiger partial charge >= 0.3 is 0 Å². The number of hydrogen-bond acceptors (Lipinski definition) is 3. The van der Waals surface area contributed by atoms with Gasteiger partial charge in [0, 0.05) is 17.0 Å². The number of H-pyrrole nitrogens is 1. The summed E-state index contributed by atoms with van der Waals surface area (Å²) in [5, 5.41) is 23.8. The molecule has 0 bridgehead atoms. The third-order valence-electron chi connectivity index (χ3n) is 4.66. The summed E-state index contributed by atoms with van der Waals surface area (Å²) in [4.78, 5) is 0. The third-order valence-corrected chi connectivity index (χ3v) is 4.66. The highest BCUT2D eigenvalue weighted by atomic mass is 16.3. The van der Waals surface area contributed by atoms with Crippen LogP contribution < -0.4 is 0 Å². The lowest BCUT2D eigenvalue weighted by atomic mass is 10.0. The van der Waals surface area contributed by atoms with E-state index in [2.05, 4.69) is 36.2 Å². The topological polar surface area (TPSA) is 66.7 Å². The molecule has 0 spiro atoms. The highest BCUT2D eigenvalue weighted by Gasteiger charge is 2.17. The minimum absolute atomic E-state index is 0.263. The molecule has 2 heterocycles. The second-order valence-electron chi connectivity index (χ2n) is 7.05. The molecule has 0 fully saturated rings. The molecule has 26 heavy (non-hydrogen) atoms. The maximum atomic E-state index is 10.4. The Morgan fingerprint density at radius 2 is 1.85 bits per heavy atom. The van der Waals surface area contributed by atoms with Gasteiger partial charge < -0.3 is 5.11 Å². The van der Waals surface area contributed by atoms with Crippen LogP contribution >= 0.6 is 0 Å². The van der Waals surface area contributed by atoms with Gasteiger partial charge in [0.25, 0.3) is 0 Å². The Bertz CT molecular complexity index is 1100. The van der Waals surface area contributed by atoms with Crippen LogP contribution in [0.1, 0.15) is 31.0 Å². The molecule has 0 radical (unpaired) electrons. The van der Waals surface area contributed by atoms with Gasteiger partial charge in [0.1, 0.15) is 11.4 Å². The summed E-state index contributed by atoms with van der Waals surface area (Å²) >= 11 is 0. The summed E-state index contributed by atoms with van der Waals surface area (Å²) in [6.45, 7) is 8.16. The average Bonchev–Trinajstić information content (AvgIpc) is 3.22. The van der Waals surface area contributed by atoms with Crippen LogP contribution in [0, 0.1) is 13.8 Å². The number of hydrogen-bond donors (Lipinski definition) is 2. The van der Waals surface area contributed by atoms with Crippen molar-refractivity contribution in [3.63, 3.8) is 0 Å². The molecule has 0 atom stereocenters. The van der Waals surface area contributed by atoms with Crippen LogP contribution in [-0.2, 0) is 0 Å². The van der Waals surface area contributed by atoms with E-state index >= 15 is 0 Å². The number of para-hydroxylation sites is 1. The lowest BCUT2D eigenvalue weighted by molar-refractivity contribution is 0.473. The molecule has 0 amide bonds. The zero-order valence-corrected chi connectivity index (χ0v) is 15.4. The van der Waals surface area contributed by atoms with Crippen LogP contribution in [0.15, 0.2) is 42.5 Å². The van der Waals surface area contributed by atoms with E-state index in [0.29, 0.717) is 5.69 Å². The normalized spacial score (nSPS) is 11.6. The van der Waals surface area contributed by atoms with Crippen LogP contribution in [0.25, 0.3) is 33.5 Å². The minimum Gasteiger partial charge on any atom is -0.507 e. The first kappa shape index (κ1) is 16.4. The van der Waals surface area contributed by atoms with Crippen molar-refractivity contribution >= 4 is 10.9 Å². The fourth-order valence-corrected chi connectivity index (χ4v) is 3.42. The van der Waals surface area contributed by atoms with E-state index in [4.69, 9.17) is 5.10 Å². The molecule has 4 rings (SSSR count). The summed E-state index contributed by atoms with van der Waals surface area (Å²) in [5.41, 5.74) is 6.20. The summed E-state index contributed by atoms with van der Waals surface area (Å²) < 4.78 is 2.03. The molecule has 5 nitrogen and oxygen atoms in total. The third kappa shape index (κ3) is 2.56. The molecule has 0 unspecified atom stereocenters. The molecule has 0 saturated carbocycles. The Morgan fingerprint density at radius 3 is 2.62 bits per heavy atom. The molecule has 132 valence electrons. The zero-order valence-electron chi connectivity index (χ0n) is 15.4. The van der Waals surface area contributed by atoms with Crippen molar-refractivity contribution in [3.8, 4) is 28.4 Å². The quantitative estimate of drug-likeness (QED) is 0.549. The van der Waals surface area contributed by atoms with E-state index in [1.807, 2.05) is 48.9 Å².